The van der Waals surface area contributed by atoms with Crippen LogP contribution in [-0.2, 0) is 24.2 Å². The fraction of sp³-hybridized carbons (Fsp3) is 0.500. The number of nitrogens with zero attached hydrogens (tertiary/aromatic N) is 2. The first kappa shape index (κ1) is 21.0. The van der Waals surface area contributed by atoms with Crippen LogP contribution >= 0.6 is 12.2 Å². The Kier molecular flexibility index (Phi) is 5.71. The third-order valence-electron chi connectivity index (χ3n) is 6.13. The van der Waals surface area contributed by atoms with Gasteiger partial charge >= 0.3 is 0 Å². The molecule has 162 valence electrons. The average Bonchev–Trinajstić information content (AvgIpc) is 3.28. The number of hydrogen-bond donors (Lipinski definition) is 2. The first-order valence-corrected chi connectivity index (χ1v) is 10.2. The number of aliphatic hydroxyl groups excluding tert-OH is 1. The molecule has 2 aliphatic heterocycles. The molecule has 0 unspecified atom stereocenters. The summed E-state index contributed by atoms with van der Waals surface area (Å²) in [6, 6.07) is 0.194. The Bertz CT molecular complexity index is 1020. The van der Waals surface area contributed by atoms with Gasteiger partial charge in [0.2, 0.25) is 5.91 Å². The van der Waals surface area contributed by atoms with Crippen molar-refractivity contribution in [2.45, 2.75) is 38.1 Å². The maximum absolute atomic E-state index is 14.2. The predicted molar refractivity (Wildman–Crippen MR) is 102 cm³/mol. The number of H-pyrrole nitrogens is 1. The Balaban J connectivity index is 1.54. The second kappa shape index (κ2) is 8.14. The number of aromatic nitrogens is 2. The Morgan fingerprint density at radius 2 is 1.80 bits per heavy atom. The molecule has 1 aromatic heterocycles. The van der Waals surface area contributed by atoms with Gasteiger partial charge in [-0.25, -0.2) is 17.6 Å². The van der Waals surface area contributed by atoms with Crippen molar-refractivity contribution in [1.82, 2.24) is 14.5 Å². The summed E-state index contributed by atoms with van der Waals surface area (Å²) in [6.07, 6.45) is 1.62. The van der Waals surface area contributed by atoms with Gasteiger partial charge in [-0.2, -0.15) is 0 Å². The number of benzene rings is 1. The third-order valence-corrected chi connectivity index (χ3v) is 6.45. The van der Waals surface area contributed by atoms with Crippen LogP contribution < -0.4 is 0 Å². The summed E-state index contributed by atoms with van der Waals surface area (Å²) in [7, 11) is 0. The molecule has 0 radical (unpaired) electrons. The minimum atomic E-state index is -1.44. The lowest BCUT2D eigenvalue weighted by molar-refractivity contribution is -0.132. The lowest BCUT2D eigenvalue weighted by Gasteiger charge is -2.31. The number of fused-ring (bicyclic) bond motifs is 1. The number of piperidine rings is 1. The molecule has 1 aromatic carbocycles. The third kappa shape index (κ3) is 3.66. The monoisotopic (exact) mass is 443 g/mol. The van der Waals surface area contributed by atoms with E-state index in [2.05, 4.69) is 4.98 Å². The van der Waals surface area contributed by atoms with Crippen LogP contribution in [0.2, 0.25) is 0 Å². The molecule has 5 nitrogen and oxygen atoms in total. The molecule has 2 N–H and O–H groups in total. The maximum Gasteiger partial charge on any atom is 0.228 e. The molecule has 0 aliphatic carbocycles. The van der Waals surface area contributed by atoms with Gasteiger partial charge in [-0.1, -0.05) is 0 Å². The van der Waals surface area contributed by atoms with Gasteiger partial charge in [-0.15, -0.1) is 0 Å². The lowest BCUT2D eigenvalue weighted by Crippen LogP contribution is -2.40. The number of carbonyl (C=O) groups is 1. The van der Waals surface area contributed by atoms with Gasteiger partial charge in [-0.3, -0.25) is 4.79 Å². The SMILES string of the molecule is O=C(Cc1[nH]c(=S)n2c1C[C@H](c1c(F)c(F)cc(F)c1F)C2)N1CCC(CO)CC1. The van der Waals surface area contributed by atoms with Crippen molar-refractivity contribution in [2.75, 3.05) is 19.7 Å². The number of aromatic amines is 1. The van der Waals surface area contributed by atoms with Gasteiger partial charge in [0.15, 0.2) is 28.0 Å². The number of likely N-dealkylation sites (tertiary alicyclic amines) is 1. The van der Waals surface area contributed by atoms with Crippen molar-refractivity contribution >= 4 is 18.1 Å². The van der Waals surface area contributed by atoms with Crippen LogP contribution in [0.3, 0.4) is 0 Å². The van der Waals surface area contributed by atoms with Crippen LogP contribution in [0.25, 0.3) is 0 Å². The summed E-state index contributed by atoms with van der Waals surface area (Å²) >= 11 is 5.28. The summed E-state index contributed by atoms with van der Waals surface area (Å²) in [5.41, 5.74) is 0.537. The van der Waals surface area contributed by atoms with Gasteiger partial charge < -0.3 is 19.6 Å². The van der Waals surface area contributed by atoms with Crippen LogP contribution in [0.15, 0.2) is 6.07 Å². The van der Waals surface area contributed by atoms with E-state index >= 15 is 0 Å². The van der Waals surface area contributed by atoms with Crippen molar-refractivity contribution in [3.8, 4) is 0 Å². The van der Waals surface area contributed by atoms with Gasteiger partial charge in [0.1, 0.15) is 0 Å². The molecule has 0 bridgehead atoms. The number of hydrogen-bond acceptors (Lipinski definition) is 3. The fourth-order valence-corrected chi connectivity index (χ4v) is 4.72. The summed E-state index contributed by atoms with van der Waals surface area (Å²) in [5, 5.41) is 9.23. The summed E-state index contributed by atoms with van der Waals surface area (Å²) in [5.74, 6) is -6.40. The highest BCUT2D eigenvalue weighted by molar-refractivity contribution is 7.71. The molecule has 1 amide bonds. The number of aliphatic hydroxyl groups is 1. The first-order chi connectivity index (χ1) is 14.3. The smallest absolute Gasteiger partial charge is 0.228 e. The van der Waals surface area contributed by atoms with Crippen molar-refractivity contribution in [3.05, 3.63) is 51.1 Å². The van der Waals surface area contributed by atoms with E-state index < -0.39 is 34.8 Å². The molecule has 1 atom stereocenters. The molecule has 2 aromatic rings. The normalized spacial score (nSPS) is 19.4. The van der Waals surface area contributed by atoms with Gasteiger partial charge in [0, 0.05) is 55.2 Å². The zero-order valence-corrected chi connectivity index (χ0v) is 16.9. The van der Waals surface area contributed by atoms with E-state index in [-0.39, 0.29) is 43.9 Å². The van der Waals surface area contributed by atoms with Crippen LogP contribution in [-0.4, -0.2) is 45.2 Å². The number of carbonyl (C=O) groups excluding carboxylic acids is 1. The number of nitrogens with one attached hydrogen (secondary N) is 1. The van der Waals surface area contributed by atoms with E-state index in [1.165, 1.54) is 0 Å². The molecule has 0 spiro atoms. The van der Waals surface area contributed by atoms with Crippen molar-refractivity contribution in [3.63, 3.8) is 0 Å². The first-order valence-electron chi connectivity index (χ1n) is 9.82. The topological polar surface area (TPSA) is 61.3 Å². The van der Waals surface area contributed by atoms with Gasteiger partial charge in [0.25, 0.3) is 0 Å². The van der Waals surface area contributed by atoms with E-state index in [0.29, 0.717) is 29.2 Å². The quantitative estimate of drug-likeness (QED) is 0.434. The Labute approximate surface area is 175 Å². The molecule has 0 saturated carbocycles. The van der Waals surface area contributed by atoms with Crippen molar-refractivity contribution in [1.29, 1.82) is 0 Å². The molecular weight excluding hydrogens is 422 g/mol. The molecule has 4 rings (SSSR count). The number of rotatable bonds is 4. The standard InChI is InChI=1S/C20H21F4N3O2S/c21-12-6-13(22)19(24)17(18(12)23)11-5-15-14(25-20(30)27(15)8-11)7-16(29)26-3-1-10(9-28)2-4-26/h6,10-11,28H,1-5,7-9H2,(H,25,30)/t11-/m0/s1. The predicted octanol–water partition coefficient (Wildman–Crippen LogP) is 3.22. The number of imidazole rings is 1. The Morgan fingerprint density at radius 3 is 2.40 bits per heavy atom. The zero-order valence-electron chi connectivity index (χ0n) is 16.1. The molecule has 30 heavy (non-hydrogen) atoms. The average molecular weight is 443 g/mol. The van der Waals surface area contributed by atoms with Crippen LogP contribution in [0, 0.1) is 34.0 Å². The minimum Gasteiger partial charge on any atom is -0.396 e. The van der Waals surface area contributed by atoms with E-state index in [1.807, 2.05) is 0 Å². The van der Waals surface area contributed by atoms with E-state index in [0.717, 1.165) is 12.8 Å². The summed E-state index contributed by atoms with van der Waals surface area (Å²) in [6.45, 7) is 1.29. The minimum absolute atomic E-state index is 0.0466. The molecule has 2 aliphatic rings. The van der Waals surface area contributed by atoms with Crippen LogP contribution in [0.5, 0.6) is 0 Å². The van der Waals surface area contributed by atoms with Gasteiger partial charge in [0.05, 0.1) is 6.42 Å². The second-order valence-electron chi connectivity index (χ2n) is 7.93. The highest BCUT2D eigenvalue weighted by Gasteiger charge is 2.34. The van der Waals surface area contributed by atoms with Crippen molar-refractivity contribution in [2.24, 2.45) is 5.92 Å². The molecule has 1 saturated heterocycles. The maximum atomic E-state index is 14.2. The van der Waals surface area contributed by atoms with Crippen LogP contribution in [0.4, 0.5) is 17.6 Å². The van der Waals surface area contributed by atoms with Crippen LogP contribution in [0.1, 0.15) is 35.7 Å². The Morgan fingerprint density at radius 1 is 1.17 bits per heavy atom. The Hall–Kier alpha value is -2.20. The van der Waals surface area contributed by atoms with E-state index in [1.54, 1.807) is 9.47 Å². The fourth-order valence-electron chi connectivity index (χ4n) is 4.42. The highest BCUT2D eigenvalue weighted by Crippen LogP contribution is 2.36. The molecule has 10 heteroatoms. The molecular formula is C20H21F4N3O2S. The molecule has 1 fully saturated rings. The van der Waals surface area contributed by atoms with E-state index in [4.69, 9.17) is 12.2 Å². The zero-order chi connectivity index (χ0) is 21.6. The van der Waals surface area contributed by atoms with Gasteiger partial charge in [-0.05, 0) is 37.4 Å². The number of halogens is 4. The number of amides is 1. The lowest BCUT2D eigenvalue weighted by atomic mass is 9.94. The highest BCUT2D eigenvalue weighted by atomic mass is 32.1. The molecule has 3 heterocycles. The van der Waals surface area contributed by atoms with E-state index in [9.17, 15) is 27.5 Å². The summed E-state index contributed by atoms with van der Waals surface area (Å²) in [4.78, 5) is 17.4. The summed E-state index contributed by atoms with van der Waals surface area (Å²) < 4.78 is 57.7. The van der Waals surface area contributed by atoms with Crippen molar-refractivity contribution < 1.29 is 27.5 Å². The largest absolute Gasteiger partial charge is 0.396 e. The second-order valence-corrected chi connectivity index (χ2v) is 8.32.